The predicted molar refractivity (Wildman–Crippen MR) is 27.7 cm³/mol. The van der Waals surface area contributed by atoms with E-state index in [9.17, 15) is 4.79 Å². The molecule has 0 aliphatic carbocycles. The van der Waals surface area contributed by atoms with Crippen molar-refractivity contribution in [3.63, 3.8) is 0 Å². The number of aliphatic hydroxyl groups is 1. The number of amides is 1. The molecule has 0 aliphatic heterocycles. The van der Waals surface area contributed by atoms with Crippen molar-refractivity contribution in [2.45, 2.75) is 13.0 Å². The lowest BCUT2D eigenvalue weighted by molar-refractivity contribution is 0.168. The minimum atomic E-state index is -1.11. The van der Waals surface area contributed by atoms with Crippen molar-refractivity contribution in [3.8, 4) is 0 Å². The third-order valence-electron chi connectivity index (χ3n) is 0.549. The van der Waals surface area contributed by atoms with E-state index in [1.807, 2.05) is 5.32 Å². The van der Waals surface area contributed by atoms with Crippen molar-refractivity contribution in [1.82, 2.24) is 5.32 Å². The third kappa shape index (κ3) is 5.23. The summed E-state index contributed by atoms with van der Waals surface area (Å²) in [5.74, 6) is 0. The molecule has 0 spiro atoms. The Hall–Kier alpha value is -0.770. The second-order valence-corrected chi connectivity index (χ2v) is 1.54. The van der Waals surface area contributed by atoms with Crippen molar-refractivity contribution < 1.29 is 15.0 Å². The van der Waals surface area contributed by atoms with Crippen LogP contribution in [-0.2, 0) is 0 Å². The lowest BCUT2D eigenvalue weighted by Crippen LogP contribution is -2.28. The van der Waals surface area contributed by atoms with Crippen molar-refractivity contribution in [2.75, 3.05) is 6.54 Å². The summed E-state index contributed by atoms with van der Waals surface area (Å²) >= 11 is 0. The molecule has 4 nitrogen and oxygen atoms in total. The molecule has 0 aliphatic rings. The molecule has 48 valence electrons. The van der Waals surface area contributed by atoms with Crippen LogP contribution >= 0.6 is 0 Å². The van der Waals surface area contributed by atoms with Gasteiger partial charge in [-0.2, -0.15) is 0 Å². The van der Waals surface area contributed by atoms with Gasteiger partial charge in [-0.25, -0.2) is 4.79 Å². The highest BCUT2D eigenvalue weighted by molar-refractivity contribution is 5.64. The Labute approximate surface area is 47.1 Å². The summed E-state index contributed by atoms with van der Waals surface area (Å²) in [7, 11) is 0. The first-order valence-electron chi connectivity index (χ1n) is 2.28. The molecule has 0 heterocycles. The normalized spacial score (nSPS) is 12.8. The van der Waals surface area contributed by atoms with Crippen LogP contribution < -0.4 is 5.32 Å². The third-order valence-corrected chi connectivity index (χ3v) is 0.549. The van der Waals surface area contributed by atoms with Crippen LogP contribution in [0.2, 0.25) is 0 Å². The molecule has 1 amide bonds. The Morgan fingerprint density at radius 1 is 1.88 bits per heavy atom. The van der Waals surface area contributed by atoms with Gasteiger partial charge < -0.3 is 15.5 Å². The molecule has 8 heavy (non-hydrogen) atoms. The maximum absolute atomic E-state index is 9.68. The molecule has 0 aromatic carbocycles. The number of hydrogen-bond acceptors (Lipinski definition) is 2. The van der Waals surface area contributed by atoms with Crippen LogP contribution in [0.15, 0.2) is 0 Å². The van der Waals surface area contributed by atoms with Gasteiger partial charge in [0.25, 0.3) is 0 Å². The number of carboxylic acid groups (broad SMARTS) is 1. The van der Waals surface area contributed by atoms with Gasteiger partial charge in [-0.1, -0.05) is 0 Å². The second-order valence-electron chi connectivity index (χ2n) is 1.54. The van der Waals surface area contributed by atoms with E-state index in [1.165, 1.54) is 6.92 Å². The van der Waals surface area contributed by atoms with Gasteiger partial charge in [0.15, 0.2) is 0 Å². The lowest BCUT2D eigenvalue weighted by Gasteiger charge is -2.00. The van der Waals surface area contributed by atoms with Crippen molar-refractivity contribution in [2.24, 2.45) is 0 Å². The van der Waals surface area contributed by atoms with Crippen molar-refractivity contribution in [3.05, 3.63) is 0 Å². The van der Waals surface area contributed by atoms with E-state index in [4.69, 9.17) is 10.2 Å². The summed E-state index contributed by atoms with van der Waals surface area (Å²) < 4.78 is 0. The Balaban J connectivity index is 3.05. The number of hydrogen-bond donors (Lipinski definition) is 3. The van der Waals surface area contributed by atoms with Crippen LogP contribution in [0.25, 0.3) is 0 Å². The van der Waals surface area contributed by atoms with Gasteiger partial charge in [0.2, 0.25) is 0 Å². The molecule has 0 radical (unpaired) electrons. The summed E-state index contributed by atoms with van der Waals surface area (Å²) in [5.41, 5.74) is 0. The van der Waals surface area contributed by atoms with E-state index in [2.05, 4.69) is 0 Å². The summed E-state index contributed by atoms with van der Waals surface area (Å²) in [5, 5.41) is 18.4. The van der Waals surface area contributed by atoms with Crippen LogP contribution in [0.3, 0.4) is 0 Å². The zero-order valence-electron chi connectivity index (χ0n) is 4.59. The summed E-state index contributed by atoms with van der Waals surface area (Å²) in [4.78, 5) is 9.68. The molecule has 0 bridgehead atoms. The standard InChI is InChI=1S/C4H9NO3/c1-3(6)2-5-4(7)8/h3,5-6H,2H2,1H3,(H,7,8)/t3-/m0/s1. The Morgan fingerprint density at radius 2 is 2.38 bits per heavy atom. The van der Waals surface area contributed by atoms with Crippen LogP contribution in [0.4, 0.5) is 4.79 Å². The fourth-order valence-electron chi connectivity index (χ4n) is 0.235. The van der Waals surface area contributed by atoms with Crippen LogP contribution in [0.1, 0.15) is 6.92 Å². The fourth-order valence-corrected chi connectivity index (χ4v) is 0.235. The van der Waals surface area contributed by atoms with E-state index in [0.717, 1.165) is 0 Å². The highest BCUT2D eigenvalue weighted by Crippen LogP contribution is 1.72. The average Bonchev–Trinajstić information content (AvgIpc) is 1.61. The summed E-state index contributed by atoms with van der Waals surface area (Å²) in [6.07, 6.45) is -1.71. The van der Waals surface area contributed by atoms with Gasteiger partial charge in [-0.3, -0.25) is 0 Å². The number of nitrogens with one attached hydrogen (secondary N) is 1. The van der Waals surface area contributed by atoms with Gasteiger partial charge in [0.05, 0.1) is 6.10 Å². The van der Waals surface area contributed by atoms with Crippen molar-refractivity contribution in [1.29, 1.82) is 0 Å². The Bertz CT molecular complexity index is 81.4. The largest absolute Gasteiger partial charge is 0.465 e. The first kappa shape index (κ1) is 7.23. The molecule has 0 saturated heterocycles. The summed E-state index contributed by atoms with van der Waals surface area (Å²) in [6, 6.07) is 0. The van der Waals surface area contributed by atoms with Gasteiger partial charge >= 0.3 is 6.09 Å². The fraction of sp³-hybridized carbons (Fsp3) is 0.750. The van der Waals surface area contributed by atoms with Crippen molar-refractivity contribution >= 4 is 6.09 Å². The van der Waals surface area contributed by atoms with Gasteiger partial charge in [0.1, 0.15) is 0 Å². The average molecular weight is 119 g/mol. The molecule has 0 rings (SSSR count). The van der Waals surface area contributed by atoms with Crippen LogP contribution in [-0.4, -0.2) is 29.0 Å². The van der Waals surface area contributed by atoms with E-state index in [0.29, 0.717) is 0 Å². The lowest BCUT2D eigenvalue weighted by atomic mass is 10.4. The van der Waals surface area contributed by atoms with Gasteiger partial charge in [-0.15, -0.1) is 0 Å². The molecule has 0 unspecified atom stereocenters. The monoisotopic (exact) mass is 119 g/mol. The molecule has 0 aromatic heterocycles. The Morgan fingerprint density at radius 3 is 2.50 bits per heavy atom. The first-order valence-corrected chi connectivity index (χ1v) is 2.28. The van der Waals surface area contributed by atoms with E-state index in [-0.39, 0.29) is 6.54 Å². The van der Waals surface area contributed by atoms with E-state index < -0.39 is 12.2 Å². The minimum absolute atomic E-state index is 0.0926. The zero-order valence-corrected chi connectivity index (χ0v) is 4.59. The molecule has 4 heteroatoms. The Kier molecular flexibility index (Phi) is 2.95. The van der Waals surface area contributed by atoms with Gasteiger partial charge in [-0.05, 0) is 6.92 Å². The maximum atomic E-state index is 9.68. The second kappa shape index (κ2) is 3.26. The maximum Gasteiger partial charge on any atom is 0.404 e. The molecule has 3 N–H and O–H groups in total. The number of aliphatic hydroxyl groups excluding tert-OH is 1. The predicted octanol–water partition coefficient (Wildman–Crippen LogP) is -0.365. The molecule has 0 aromatic rings. The first-order chi connectivity index (χ1) is 3.63. The van der Waals surface area contributed by atoms with Crippen LogP contribution in [0, 0.1) is 0 Å². The topological polar surface area (TPSA) is 69.6 Å². The van der Waals surface area contributed by atoms with Gasteiger partial charge in [0, 0.05) is 6.54 Å². The molecule has 1 atom stereocenters. The SMILES string of the molecule is C[C@H](O)CNC(=O)O. The van der Waals surface area contributed by atoms with E-state index in [1.54, 1.807) is 0 Å². The molecular formula is C4H9NO3. The van der Waals surface area contributed by atoms with E-state index >= 15 is 0 Å². The minimum Gasteiger partial charge on any atom is -0.465 e. The molecule has 0 saturated carbocycles. The smallest absolute Gasteiger partial charge is 0.404 e. The summed E-state index contributed by atoms with van der Waals surface area (Å²) in [6.45, 7) is 1.60. The highest BCUT2D eigenvalue weighted by atomic mass is 16.4. The number of rotatable bonds is 2. The zero-order chi connectivity index (χ0) is 6.57. The molecular weight excluding hydrogens is 110 g/mol. The quantitative estimate of drug-likeness (QED) is 0.464. The van der Waals surface area contributed by atoms with Crippen LogP contribution in [0.5, 0.6) is 0 Å². The molecule has 0 fully saturated rings. The number of carbonyl (C=O) groups is 1. The highest BCUT2D eigenvalue weighted by Gasteiger charge is 1.96.